The van der Waals surface area contributed by atoms with Gasteiger partial charge in [0.25, 0.3) is 0 Å². The van der Waals surface area contributed by atoms with E-state index < -0.39 is 0 Å². The Morgan fingerprint density at radius 2 is 1.81 bits per heavy atom. The Bertz CT molecular complexity index is 596. The van der Waals surface area contributed by atoms with Gasteiger partial charge in [-0.25, -0.2) is 0 Å². The number of rotatable bonds is 6. The second-order valence-electron chi connectivity index (χ2n) is 4.83. The van der Waals surface area contributed by atoms with Crippen LogP contribution in [0.3, 0.4) is 0 Å². The van der Waals surface area contributed by atoms with Crippen LogP contribution in [-0.2, 0) is 11.2 Å². The van der Waals surface area contributed by atoms with E-state index in [1.165, 1.54) is 5.56 Å². The van der Waals surface area contributed by atoms with E-state index in [4.69, 9.17) is 11.6 Å². The molecule has 21 heavy (non-hydrogen) atoms. The number of halogens is 1. The maximum atomic E-state index is 11.9. The number of carbonyl (C=O) groups excluding carboxylic acids is 1. The third-order valence-electron chi connectivity index (χ3n) is 3.09. The summed E-state index contributed by atoms with van der Waals surface area (Å²) < 4.78 is 0. The van der Waals surface area contributed by atoms with Gasteiger partial charge < -0.3 is 10.6 Å². The van der Waals surface area contributed by atoms with E-state index in [0.29, 0.717) is 10.7 Å². The molecule has 0 heterocycles. The van der Waals surface area contributed by atoms with E-state index in [-0.39, 0.29) is 12.5 Å². The number of hydrogen-bond donors (Lipinski definition) is 2. The molecule has 0 unspecified atom stereocenters. The van der Waals surface area contributed by atoms with Gasteiger partial charge in [-0.15, -0.1) is 0 Å². The van der Waals surface area contributed by atoms with Crippen molar-refractivity contribution in [1.29, 1.82) is 0 Å². The number of para-hydroxylation sites is 1. The summed E-state index contributed by atoms with van der Waals surface area (Å²) in [6, 6.07) is 15.3. The lowest BCUT2D eigenvalue weighted by Gasteiger charge is -2.09. The van der Waals surface area contributed by atoms with Gasteiger partial charge in [-0.1, -0.05) is 49.2 Å². The number of hydrogen-bond acceptors (Lipinski definition) is 2. The summed E-state index contributed by atoms with van der Waals surface area (Å²) in [5.41, 5.74) is 2.87. The maximum Gasteiger partial charge on any atom is 0.243 e. The van der Waals surface area contributed by atoms with Crippen LogP contribution in [-0.4, -0.2) is 12.5 Å². The molecule has 0 saturated heterocycles. The predicted molar refractivity (Wildman–Crippen MR) is 89.0 cm³/mol. The summed E-state index contributed by atoms with van der Waals surface area (Å²) in [6.07, 6.45) is 2.21. The topological polar surface area (TPSA) is 41.1 Å². The molecule has 2 aromatic rings. The highest BCUT2D eigenvalue weighted by Gasteiger charge is 2.05. The first-order chi connectivity index (χ1) is 10.2. The van der Waals surface area contributed by atoms with E-state index in [2.05, 4.69) is 29.7 Å². The van der Waals surface area contributed by atoms with Crippen LogP contribution in [0.15, 0.2) is 48.5 Å². The van der Waals surface area contributed by atoms with Gasteiger partial charge >= 0.3 is 0 Å². The summed E-state index contributed by atoms with van der Waals surface area (Å²) in [4.78, 5) is 11.9. The number of benzene rings is 2. The molecule has 1 amide bonds. The predicted octanol–water partition coefficient (Wildman–Crippen LogP) is 4.34. The first kappa shape index (κ1) is 15.4. The lowest BCUT2D eigenvalue weighted by atomic mass is 10.1. The van der Waals surface area contributed by atoms with Crippen molar-refractivity contribution in [1.82, 2.24) is 0 Å². The van der Waals surface area contributed by atoms with Gasteiger partial charge in [-0.05, 0) is 36.2 Å². The molecule has 110 valence electrons. The Balaban J connectivity index is 1.85. The molecule has 4 heteroatoms. The molecule has 0 atom stereocenters. The maximum absolute atomic E-state index is 11.9. The van der Waals surface area contributed by atoms with Gasteiger partial charge in [-0.3, -0.25) is 4.79 Å². The molecule has 0 aliphatic carbocycles. The van der Waals surface area contributed by atoms with E-state index in [9.17, 15) is 4.79 Å². The molecule has 0 spiro atoms. The number of aryl methyl sites for hydroxylation is 1. The van der Waals surface area contributed by atoms with Crippen molar-refractivity contribution in [2.24, 2.45) is 0 Å². The number of amides is 1. The first-order valence-electron chi connectivity index (χ1n) is 7.06. The highest BCUT2D eigenvalue weighted by molar-refractivity contribution is 6.33. The normalized spacial score (nSPS) is 10.2. The smallest absolute Gasteiger partial charge is 0.243 e. The zero-order chi connectivity index (χ0) is 15.1. The van der Waals surface area contributed by atoms with Gasteiger partial charge in [0.1, 0.15) is 0 Å². The van der Waals surface area contributed by atoms with Crippen LogP contribution in [0, 0.1) is 0 Å². The van der Waals surface area contributed by atoms with E-state index in [1.807, 2.05) is 24.3 Å². The van der Waals surface area contributed by atoms with Crippen LogP contribution in [0.1, 0.15) is 18.9 Å². The van der Waals surface area contributed by atoms with Crippen LogP contribution in [0.25, 0.3) is 0 Å². The molecule has 2 rings (SSSR count). The average Bonchev–Trinajstić information content (AvgIpc) is 2.49. The Hall–Kier alpha value is -2.00. The highest BCUT2D eigenvalue weighted by Crippen LogP contribution is 2.20. The molecule has 3 nitrogen and oxygen atoms in total. The number of carbonyl (C=O) groups is 1. The Morgan fingerprint density at radius 3 is 2.48 bits per heavy atom. The fourth-order valence-electron chi connectivity index (χ4n) is 2.02. The zero-order valence-electron chi connectivity index (χ0n) is 12.0. The lowest BCUT2D eigenvalue weighted by molar-refractivity contribution is -0.114. The quantitative estimate of drug-likeness (QED) is 0.833. The summed E-state index contributed by atoms with van der Waals surface area (Å²) in [5.74, 6) is -0.124. The fourth-order valence-corrected chi connectivity index (χ4v) is 2.20. The monoisotopic (exact) mass is 302 g/mol. The molecular weight excluding hydrogens is 284 g/mol. The minimum atomic E-state index is -0.124. The van der Waals surface area contributed by atoms with Gasteiger partial charge in [-0.2, -0.15) is 0 Å². The van der Waals surface area contributed by atoms with Crippen LogP contribution in [0.2, 0.25) is 5.02 Å². The Morgan fingerprint density at radius 1 is 1.10 bits per heavy atom. The Kier molecular flexibility index (Phi) is 5.64. The molecule has 0 aliphatic rings. The number of nitrogens with one attached hydrogen (secondary N) is 2. The zero-order valence-corrected chi connectivity index (χ0v) is 12.8. The molecule has 0 fully saturated rings. The molecule has 2 aromatic carbocycles. The van der Waals surface area contributed by atoms with Crippen LogP contribution < -0.4 is 10.6 Å². The Labute approximate surface area is 130 Å². The van der Waals surface area contributed by atoms with E-state index in [0.717, 1.165) is 18.5 Å². The molecule has 0 bridgehead atoms. The average molecular weight is 303 g/mol. The number of anilines is 2. The second kappa shape index (κ2) is 7.70. The fraction of sp³-hybridized carbons (Fsp3) is 0.235. The summed E-state index contributed by atoms with van der Waals surface area (Å²) in [6.45, 7) is 2.36. The van der Waals surface area contributed by atoms with Crippen molar-refractivity contribution in [3.8, 4) is 0 Å². The first-order valence-corrected chi connectivity index (χ1v) is 7.44. The van der Waals surface area contributed by atoms with Gasteiger partial charge in [0.15, 0.2) is 0 Å². The molecular formula is C17H19ClN2O. The summed E-state index contributed by atoms with van der Waals surface area (Å²) in [5, 5.41) is 6.41. The van der Waals surface area contributed by atoms with E-state index >= 15 is 0 Å². The molecule has 0 aromatic heterocycles. The van der Waals surface area contributed by atoms with Crippen LogP contribution in [0.4, 0.5) is 11.4 Å². The molecule has 2 N–H and O–H groups in total. The van der Waals surface area contributed by atoms with Crippen LogP contribution in [0.5, 0.6) is 0 Å². The van der Waals surface area contributed by atoms with E-state index in [1.54, 1.807) is 12.1 Å². The van der Waals surface area contributed by atoms with Crippen LogP contribution >= 0.6 is 11.6 Å². The van der Waals surface area contributed by atoms with Crippen molar-refractivity contribution in [3.05, 3.63) is 59.1 Å². The lowest BCUT2D eigenvalue weighted by Crippen LogP contribution is -2.21. The van der Waals surface area contributed by atoms with Crippen molar-refractivity contribution < 1.29 is 4.79 Å². The van der Waals surface area contributed by atoms with Gasteiger partial charge in [0, 0.05) is 5.69 Å². The van der Waals surface area contributed by atoms with Crippen molar-refractivity contribution in [3.63, 3.8) is 0 Å². The third-order valence-corrected chi connectivity index (χ3v) is 3.42. The minimum Gasteiger partial charge on any atom is -0.376 e. The third kappa shape index (κ3) is 4.80. The standard InChI is InChI=1S/C17H19ClN2O/c1-2-5-13-8-10-14(11-9-13)19-12-17(21)20-16-7-4-3-6-15(16)18/h3-4,6-11,19H,2,5,12H2,1H3,(H,20,21). The second-order valence-corrected chi connectivity index (χ2v) is 5.24. The van der Waals surface area contributed by atoms with Gasteiger partial charge in [0.05, 0.1) is 17.3 Å². The van der Waals surface area contributed by atoms with Crippen molar-refractivity contribution in [2.45, 2.75) is 19.8 Å². The highest BCUT2D eigenvalue weighted by atomic mass is 35.5. The van der Waals surface area contributed by atoms with Crippen molar-refractivity contribution >= 4 is 28.9 Å². The van der Waals surface area contributed by atoms with Gasteiger partial charge in [0.2, 0.25) is 5.91 Å². The largest absolute Gasteiger partial charge is 0.376 e. The molecule has 0 radical (unpaired) electrons. The minimum absolute atomic E-state index is 0.124. The molecule has 0 saturated carbocycles. The SMILES string of the molecule is CCCc1ccc(NCC(=O)Nc2ccccc2Cl)cc1. The van der Waals surface area contributed by atoms with Crippen molar-refractivity contribution in [2.75, 3.05) is 17.2 Å². The summed E-state index contributed by atoms with van der Waals surface area (Å²) >= 11 is 6.00. The molecule has 0 aliphatic heterocycles. The summed E-state index contributed by atoms with van der Waals surface area (Å²) in [7, 11) is 0.